The number of H-pyrrole nitrogens is 1. The van der Waals surface area contributed by atoms with Crippen molar-refractivity contribution in [3.8, 4) is 5.75 Å². The summed E-state index contributed by atoms with van der Waals surface area (Å²) < 4.78 is 5.73. The molecule has 0 bridgehead atoms. The minimum absolute atomic E-state index is 0.313. The Morgan fingerprint density at radius 3 is 2.62 bits per heavy atom. The van der Waals surface area contributed by atoms with E-state index in [0.29, 0.717) is 12.5 Å². The van der Waals surface area contributed by atoms with Crippen LogP contribution in [0.2, 0.25) is 0 Å². The van der Waals surface area contributed by atoms with Gasteiger partial charge in [-0.3, -0.25) is 0 Å². The molecule has 3 N–H and O–H groups in total. The van der Waals surface area contributed by atoms with E-state index in [1.54, 1.807) is 0 Å². The van der Waals surface area contributed by atoms with Crippen LogP contribution in [0.15, 0.2) is 54.7 Å². The SMILES string of the molecule is CCCCOc1ccc(CC(CN)c2c[nH]c3ccccc23)cc1. The maximum atomic E-state index is 6.08. The van der Waals surface area contributed by atoms with Gasteiger partial charge in [-0.2, -0.15) is 0 Å². The number of nitrogens with one attached hydrogen (secondary N) is 1. The molecule has 1 unspecified atom stereocenters. The van der Waals surface area contributed by atoms with Gasteiger partial charge >= 0.3 is 0 Å². The van der Waals surface area contributed by atoms with Crippen LogP contribution in [0.4, 0.5) is 0 Å². The molecular weight excluding hydrogens is 296 g/mol. The third-order valence-electron chi connectivity index (χ3n) is 4.52. The van der Waals surface area contributed by atoms with Crippen LogP contribution in [-0.2, 0) is 6.42 Å². The second kappa shape index (κ2) is 8.02. The average molecular weight is 322 g/mol. The number of hydrogen-bond acceptors (Lipinski definition) is 2. The topological polar surface area (TPSA) is 51.0 Å². The van der Waals surface area contributed by atoms with Crippen LogP contribution in [-0.4, -0.2) is 18.1 Å². The molecule has 0 saturated carbocycles. The lowest BCUT2D eigenvalue weighted by Crippen LogP contribution is -2.14. The van der Waals surface area contributed by atoms with Crippen molar-refractivity contribution < 1.29 is 4.74 Å². The molecule has 3 nitrogen and oxygen atoms in total. The first-order valence-corrected chi connectivity index (χ1v) is 8.79. The standard InChI is InChI=1S/C21H26N2O/c1-2-3-12-24-18-10-8-16(9-11-18)13-17(14-22)20-15-23-21-7-5-4-6-19(20)21/h4-11,15,17,23H,2-3,12-14,22H2,1H3. The van der Waals surface area contributed by atoms with Crippen LogP contribution in [0.25, 0.3) is 10.9 Å². The Hall–Kier alpha value is -2.26. The van der Waals surface area contributed by atoms with Crippen LogP contribution in [0.5, 0.6) is 5.75 Å². The Bertz CT molecular complexity index is 761. The van der Waals surface area contributed by atoms with Crippen molar-refractivity contribution in [1.82, 2.24) is 4.98 Å². The zero-order chi connectivity index (χ0) is 16.8. The van der Waals surface area contributed by atoms with Gasteiger partial charge in [0, 0.05) is 23.0 Å². The summed E-state index contributed by atoms with van der Waals surface area (Å²) in [5, 5.41) is 1.27. The van der Waals surface area contributed by atoms with E-state index in [2.05, 4.69) is 66.6 Å². The van der Waals surface area contributed by atoms with E-state index < -0.39 is 0 Å². The maximum Gasteiger partial charge on any atom is 0.119 e. The smallest absolute Gasteiger partial charge is 0.119 e. The number of nitrogens with two attached hydrogens (primary N) is 1. The number of aromatic nitrogens is 1. The number of para-hydroxylation sites is 1. The van der Waals surface area contributed by atoms with E-state index in [1.165, 1.54) is 22.0 Å². The first-order valence-electron chi connectivity index (χ1n) is 8.79. The predicted molar refractivity (Wildman–Crippen MR) is 101 cm³/mol. The fourth-order valence-electron chi connectivity index (χ4n) is 3.09. The van der Waals surface area contributed by atoms with Crippen LogP contribution in [0.1, 0.15) is 36.8 Å². The van der Waals surface area contributed by atoms with E-state index >= 15 is 0 Å². The van der Waals surface area contributed by atoms with Gasteiger partial charge in [0.15, 0.2) is 0 Å². The Morgan fingerprint density at radius 1 is 1.08 bits per heavy atom. The number of ether oxygens (including phenoxy) is 1. The minimum Gasteiger partial charge on any atom is -0.494 e. The van der Waals surface area contributed by atoms with Crippen LogP contribution >= 0.6 is 0 Å². The molecule has 0 aliphatic heterocycles. The van der Waals surface area contributed by atoms with Crippen LogP contribution < -0.4 is 10.5 Å². The lowest BCUT2D eigenvalue weighted by Gasteiger charge is -2.15. The van der Waals surface area contributed by atoms with Crippen molar-refractivity contribution >= 4 is 10.9 Å². The fraction of sp³-hybridized carbons (Fsp3) is 0.333. The first kappa shape index (κ1) is 16.6. The highest BCUT2D eigenvalue weighted by Gasteiger charge is 2.15. The normalized spacial score (nSPS) is 12.4. The molecule has 0 amide bonds. The third kappa shape index (κ3) is 3.80. The summed E-state index contributed by atoms with van der Waals surface area (Å²) in [5.41, 5.74) is 9.84. The van der Waals surface area contributed by atoms with Crippen molar-refractivity contribution in [3.05, 3.63) is 65.9 Å². The summed E-state index contributed by atoms with van der Waals surface area (Å²) in [4.78, 5) is 3.35. The molecule has 1 heterocycles. The molecule has 0 spiro atoms. The predicted octanol–water partition coefficient (Wildman–Crippen LogP) is 4.63. The highest BCUT2D eigenvalue weighted by molar-refractivity contribution is 5.83. The summed E-state index contributed by atoms with van der Waals surface area (Å²) in [7, 11) is 0. The molecule has 2 aromatic carbocycles. The third-order valence-corrected chi connectivity index (χ3v) is 4.52. The van der Waals surface area contributed by atoms with Gasteiger partial charge in [-0.1, -0.05) is 43.7 Å². The second-order valence-corrected chi connectivity index (χ2v) is 6.27. The highest BCUT2D eigenvalue weighted by Crippen LogP contribution is 2.28. The van der Waals surface area contributed by atoms with Gasteiger partial charge in [-0.15, -0.1) is 0 Å². The lowest BCUT2D eigenvalue weighted by atomic mass is 9.92. The number of unbranched alkanes of at least 4 members (excludes halogenated alkanes) is 1. The summed E-state index contributed by atoms with van der Waals surface area (Å²) in [5.74, 6) is 1.26. The van der Waals surface area contributed by atoms with Crippen molar-refractivity contribution in [2.75, 3.05) is 13.2 Å². The quantitative estimate of drug-likeness (QED) is 0.594. The fourth-order valence-corrected chi connectivity index (χ4v) is 3.09. The zero-order valence-electron chi connectivity index (χ0n) is 14.3. The molecule has 24 heavy (non-hydrogen) atoms. The van der Waals surface area contributed by atoms with Crippen molar-refractivity contribution in [1.29, 1.82) is 0 Å². The largest absolute Gasteiger partial charge is 0.494 e. The summed E-state index contributed by atoms with van der Waals surface area (Å²) >= 11 is 0. The van der Waals surface area contributed by atoms with Gasteiger partial charge in [0.25, 0.3) is 0 Å². The number of rotatable bonds is 8. The minimum atomic E-state index is 0.313. The average Bonchev–Trinajstić information content (AvgIpc) is 3.05. The van der Waals surface area contributed by atoms with Crippen LogP contribution in [0.3, 0.4) is 0 Å². The highest BCUT2D eigenvalue weighted by atomic mass is 16.5. The molecule has 1 atom stereocenters. The molecule has 3 aromatic rings. The number of benzene rings is 2. The molecule has 0 fully saturated rings. The van der Waals surface area contributed by atoms with Crippen LogP contribution in [0, 0.1) is 0 Å². The second-order valence-electron chi connectivity index (χ2n) is 6.27. The lowest BCUT2D eigenvalue weighted by molar-refractivity contribution is 0.309. The molecular formula is C21H26N2O. The Kier molecular flexibility index (Phi) is 5.55. The van der Waals surface area contributed by atoms with E-state index in [0.717, 1.165) is 31.6 Å². The zero-order valence-corrected chi connectivity index (χ0v) is 14.3. The Morgan fingerprint density at radius 2 is 1.88 bits per heavy atom. The molecule has 0 radical (unpaired) electrons. The molecule has 0 aliphatic carbocycles. The van der Waals surface area contributed by atoms with Crippen molar-refractivity contribution in [2.24, 2.45) is 5.73 Å². The van der Waals surface area contributed by atoms with Gasteiger partial charge in [0.05, 0.1) is 6.61 Å². The van der Waals surface area contributed by atoms with Crippen molar-refractivity contribution in [2.45, 2.75) is 32.1 Å². The molecule has 3 heteroatoms. The number of hydrogen-bond donors (Lipinski definition) is 2. The molecule has 0 aliphatic rings. The maximum absolute atomic E-state index is 6.08. The molecule has 0 saturated heterocycles. The Labute approximate surface area is 143 Å². The first-order chi connectivity index (χ1) is 11.8. The van der Waals surface area contributed by atoms with Gasteiger partial charge in [0.2, 0.25) is 0 Å². The monoisotopic (exact) mass is 322 g/mol. The van der Waals surface area contributed by atoms with Gasteiger partial charge in [0.1, 0.15) is 5.75 Å². The molecule has 3 rings (SSSR count). The van der Waals surface area contributed by atoms with E-state index in [4.69, 9.17) is 10.5 Å². The molecule has 126 valence electrons. The van der Waals surface area contributed by atoms with Gasteiger partial charge in [-0.05, 0) is 48.7 Å². The van der Waals surface area contributed by atoms with Crippen molar-refractivity contribution in [3.63, 3.8) is 0 Å². The summed E-state index contributed by atoms with van der Waals surface area (Å²) in [6.07, 6.45) is 5.29. The van der Waals surface area contributed by atoms with Gasteiger partial charge < -0.3 is 15.5 Å². The van der Waals surface area contributed by atoms with E-state index in [9.17, 15) is 0 Å². The summed E-state index contributed by atoms with van der Waals surface area (Å²) in [6.45, 7) is 3.59. The summed E-state index contributed by atoms with van der Waals surface area (Å²) in [6, 6.07) is 16.8. The number of fused-ring (bicyclic) bond motifs is 1. The van der Waals surface area contributed by atoms with E-state index in [-0.39, 0.29) is 0 Å². The number of aromatic amines is 1. The molecule has 1 aromatic heterocycles. The van der Waals surface area contributed by atoms with Gasteiger partial charge in [-0.25, -0.2) is 0 Å². The van der Waals surface area contributed by atoms with E-state index in [1.807, 2.05) is 0 Å². The Balaban J connectivity index is 1.71.